The number of nitrogens with zero attached hydrogens (tertiary/aromatic N) is 2. The Balaban J connectivity index is 1.97. The second kappa shape index (κ2) is 5.71. The molecule has 2 heterocycles. The summed E-state index contributed by atoms with van der Waals surface area (Å²) in [7, 11) is 0. The number of alkyl halides is 3. The summed E-state index contributed by atoms with van der Waals surface area (Å²) < 4.78 is 36.9. The Morgan fingerprint density at radius 1 is 1.52 bits per heavy atom. The second-order valence-electron chi connectivity index (χ2n) is 5.00. The van der Waals surface area contributed by atoms with E-state index in [4.69, 9.17) is 0 Å². The third kappa shape index (κ3) is 4.17. The minimum Gasteiger partial charge on any atom is -0.333 e. The van der Waals surface area contributed by atoms with Crippen molar-refractivity contribution < 1.29 is 22.8 Å². The Labute approximate surface area is 119 Å². The minimum absolute atomic E-state index is 0.215. The molecule has 0 aliphatic carbocycles. The standard InChI is InChI=1S/C13H14F3N3O2/c1-8-2-3-17-10(4-8)18-12(21)9-5-11(20)19(6-9)7-13(14,15)16/h2-4,9H,5-7H2,1H3,(H,17,18,21). The van der Waals surface area contributed by atoms with Gasteiger partial charge in [-0.1, -0.05) is 0 Å². The van der Waals surface area contributed by atoms with Gasteiger partial charge in [0.2, 0.25) is 11.8 Å². The van der Waals surface area contributed by atoms with Gasteiger partial charge < -0.3 is 10.2 Å². The summed E-state index contributed by atoms with van der Waals surface area (Å²) in [5.74, 6) is -1.63. The molecule has 1 N–H and O–H groups in total. The topological polar surface area (TPSA) is 62.3 Å². The van der Waals surface area contributed by atoms with Gasteiger partial charge in [0.25, 0.3) is 0 Å². The molecule has 114 valence electrons. The molecular formula is C13H14F3N3O2. The number of hydrogen-bond acceptors (Lipinski definition) is 3. The maximum absolute atomic E-state index is 12.3. The van der Waals surface area contributed by atoms with Crippen molar-refractivity contribution in [2.24, 2.45) is 5.92 Å². The van der Waals surface area contributed by atoms with Gasteiger partial charge in [0, 0.05) is 19.2 Å². The molecule has 1 aliphatic rings. The Hall–Kier alpha value is -2.12. The lowest BCUT2D eigenvalue weighted by Gasteiger charge is -2.18. The minimum atomic E-state index is -4.46. The maximum Gasteiger partial charge on any atom is 0.406 e. The Morgan fingerprint density at radius 2 is 2.24 bits per heavy atom. The molecule has 21 heavy (non-hydrogen) atoms. The molecule has 2 amide bonds. The molecule has 0 saturated carbocycles. The van der Waals surface area contributed by atoms with Crippen LogP contribution in [0.25, 0.3) is 0 Å². The Kier molecular flexibility index (Phi) is 4.15. The van der Waals surface area contributed by atoms with Gasteiger partial charge in [0.05, 0.1) is 5.92 Å². The molecule has 1 aromatic rings. The van der Waals surface area contributed by atoms with Crippen LogP contribution >= 0.6 is 0 Å². The van der Waals surface area contributed by atoms with Crippen molar-refractivity contribution in [1.82, 2.24) is 9.88 Å². The van der Waals surface area contributed by atoms with E-state index in [-0.39, 0.29) is 13.0 Å². The van der Waals surface area contributed by atoms with Crippen molar-refractivity contribution in [3.63, 3.8) is 0 Å². The fourth-order valence-electron chi connectivity index (χ4n) is 2.15. The molecule has 1 unspecified atom stereocenters. The zero-order chi connectivity index (χ0) is 15.6. The fourth-order valence-corrected chi connectivity index (χ4v) is 2.15. The number of halogens is 3. The number of hydrogen-bond donors (Lipinski definition) is 1. The summed E-state index contributed by atoms with van der Waals surface area (Å²) in [6, 6.07) is 3.39. The number of likely N-dealkylation sites (tertiary alicyclic amines) is 1. The molecule has 8 heteroatoms. The van der Waals surface area contributed by atoms with Crippen LogP contribution in [0.1, 0.15) is 12.0 Å². The molecule has 1 atom stereocenters. The lowest BCUT2D eigenvalue weighted by atomic mass is 10.1. The Bertz CT molecular complexity index is 560. The normalized spacial score (nSPS) is 19.0. The predicted octanol–water partition coefficient (Wildman–Crippen LogP) is 1.74. The smallest absolute Gasteiger partial charge is 0.333 e. The average Bonchev–Trinajstić information content (AvgIpc) is 2.69. The largest absolute Gasteiger partial charge is 0.406 e. The second-order valence-corrected chi connectivity index (χ2v) is 5.00. The van der Waals surface area contributed by atoms with Crippen molar-refractivity contribution in [3.8, 4) is 0 Å². The lowest BCUT2D eigenvalue weighted by Crippen LogP contribution is -2.36. The zero-order valence-electron chi connectivity index (χ0n) is 11.3. The quantitative estimate of drug-likeness (QED) is 0.925. The van der Waals surface area contributed by atoms with Crippen LogP contribution in [0, 0.1) is 12.8 Å². The first-order valence-electron chi connectivity index (χ1n) is 6.32. The van der Waals surface area contributed by atoms with Gasteiger partial charge in [0.15, 0.2) is 0 Å². The lowest BCUT2D eigenvalue weighted by molar-refractivity contribution is -0.157. The number of aromatic nitrogens is 1. The maximum atomic E-state index is 12.3. The van der Waals surface area contributed by atoms with Crippen LogP contribution in [-0.4, -0.2) is 41.0 Å². The molecule has 2 rings (SSSR count). The Morgan fingerprint density at radius 3 is 2.86 bits per heavy atom. The average molecular weight is 301 g/mol. The SMILES string of the molecule is Cc1ccnc(NC(=O)C2CC(=O)N(CC(F)(F)F)C2)c1. The van der Waals surface area contributed by atoms with Gasteiger partial charge in [-0.25, -0.2) is 4.98 Å². The van der Waals surface area contributed by atoms with Crippen molar-refractivity contribution in [3.05, 3.63) is 23.9 Å². The van der Waals surface area contributed by atoms with Crippen molar-refractivity contribution in [2.75, 3.05) is 18.4 Å². The van der Waals surface area contributed by atoms with Crippen LogP contribution < -0.4 is 5.32 Å². The number of carbonyl (C=O) groups is 2. The third-order valence-corrected chi connectivity index (χ3v) is 3.12. The number of carbonyl (C=O) groups excluding carboxylic acids is 2. The zero-order valence-corrected chi connectivity index (χ0v) is 11.3. The summed E-state index contributed by atoms with van der Waals surface area (Å²) in [5, 5.41) is 2.52. The van der Waals surface area contributed by atoms with Crippen LogP contribution in [0.5, 0.6) is 0 Å². The van der Waals surface area contributed by atoms with E-state index in [1.54, 1.807) is 12.1 Å². The molecule has 0 bridgehead atoms. The van der Waals surface area contributed by atoms with E-state index in [1.165, 1.54) is 6.20 Å². The van der Waals surface area contributed by atoms with Crippen molar-refractivity contribution in [1.29, 1.82) is 0 Å². The summed E-state index contributed by atoms with van der Waals surface area (Å²) >= 11 is 0. The summed E-state index contributed by atoms with van der Waals surface area (Å²) in [6.07, 6.45) is -3.16. The van der Waals surface area contributed by atoms with E-state index in [0.29, 0.717) is 10.7 Å². The molecule has 1 saturated heterocycles. The number of pyridine rings is 1. The van der Waals surface area contributed by atoms with E-state index in [1.807, 2.05) is 6.92 Å². The van der Waals surface area contributed by atoms with Crippen LogP contribution in [0.4, 0.5) is 19.0 Å². The van der Waals surface area contributed by atoms with Crippen LogP contribution in [0.3, 0.4) is 0 Å². The number of nitrogens with one attached hydrogen (secondary N) is 1. The number of amides is 2. The molecule has 1 fully saturated rings. The first-order valence-corrected chi connectivity index (χ1v) is 6.32. The highest BCUT2D eigenvalue weighted by atomic mass is 19.4. The van der Waals surface area contributed by atoms with E-state index in [0.717, 1.165) is 5.56 Å². The summed E-state index contributed by atoms with van der Waals surface area (Å²) in [4.78, 5) is 28.1. The highest BCUT2D eigenvalue weighted by molar-refractivity contribution is 5.96. The number of anilines is 1. The van der Waals surface area contributed by atoms with E-state index < -0.39 is 30.5 Å². The van der Waals surface area contributed by atoms with Gasteiger partial charge in [-0.05, 0) is 24.6 Å². The summed E-state index contributed by atoms with van der Waals surface area (Å²) in [5.41, 5.74) is 0.890. The number of aryl methyl sites for hydroxylation is 1. The van der Waals surface area contributed by atoms with E-state index >= 15 is 0 Å². The fraction of sp³-hybridized carbons (Fsp3) is 0.462. The third-order valence-electron chi connectivity index (χ3n) is 3.12. The molecule has 1 aliphatic heterocycles. The van der Waals surface area contributed by atoms with E-state index in [9.17, 15) is 22.8 Å². The molecular weight excluding hydrogens is 287 g/mol. The monoisotopic (exact) mass is 301 g/mol. The van der Waals surface area contributed by atoms with Gasteiger partial charge in [-0.3, -0.25) is 9.59 Å². The van der Waals surface area contributed by atoms with Gasteiger partial charge >= 0.3 is 6.18 Å². The van der Waals surface area contributed by atoms with Crippen molar-refractivity contribution >= 4 is 17.6 Å². The highest BCUT2D eigenvalue weighted by Gasteiger charge is 2.40. The molecule has 0 radical (unpaired) electrons. The van der Waals surface area contributed by atoms with Gasteiger partial charge in [-0.2, -0.15) is 13.2 Å². The predicted molar refractivity (Wildman–Crippen MR) is 68.3 cm³/mol. The van der Waals surface area contributed by atoms with Crippen molar-refractivity contribution in [2.45, 2.75) is 19.5 Å². The van der Waals surface area contributed by atoms with Crippen LogP contribution in [0.15, 0.2) is 18.3 Å². The van der Waals surface area contributed by atoms with Gasteiger partial charge in [0.1, 0.15) is 12.4 Å². The first-order chi connectivity index (χ1) is 9.74. The van der Waals surface area contributed by atoms with Gasteiger partial charge in [-0.15, -0.1) is 0 Å². The number of rotatable bonds is 3. The highest BCUT2D eigenvalue weighted by Crippen LogP contribution is 2.24. The van der Waals surface area contributed by atoms with Crippen LogP contribution in [-0.2, 0) is 9.59 Å². The molecule has 0 aromatic carbocycles. The summed E-state index contributed by atoms with van der Waals surface area (Å²) in [6.45, 7) is 0.274. The van der Waals surface area contributed by atoms with E-state index in [2.05, 4.69) is 10.3 Å². The molecule has 5 nitrogen and oxygen atoms in total. The van der Waals surface area contributed by atoms with Crippen LogP contribution in [0.2, 0.25) is 0 Å². The molecule has 0 spiro atoms. The first kappa shape index (κ1) is 15.3. The molecule has 1 aromatic heterocycles.